The Hall–Kier alpha value is -1.57. The summed E-state index contributed by atoms with van der Waals surface area (Å²) in [6.45, 7) is 11.8. The van der Waals surface area contributed by atoms with Gasteiger partial charge in [-0.1, -0.05) is 24.6 Å². The fourth-order valence-electron chi connectivity index (χ4n) is 2.26. The lowest BCUT2D eigenvalue weighted by molar-refractivity contribution is -0.159. The maximum Gasteiger partial charge on any atom is 0.414 e. The van der Waals surface area contributed by atoms with E-state index in [1.807, 2.05) is 11.8 Å². The topological polar surface area (TPSA) is 81.1 Å². The van der Waals surface area contributed by atoms with Gasteiger partial charge in [-0.3, -0.25) is 4.90 Å². The van der Waals surface area contributed by atoms with E-state index in [9.17, 15) is 0 Å². The predicted octanol–water partition coefficient (Wildman–Crippen LogP) is 1.88. The molecule has 134 valence electrons. The van der Waals surface area contributed by atoms with Crippen LogP contribution in [0.5, 0.6) is 0 Å². The first-order valence-electron chi connectivity index (χ1n) is 8.02. The maximum absolute atomic E-state index is 9.10. The van der Waals surface area contributed by atoms with Crippen molar-refractivity contribution in [2.75, 3.05) is 45.0 Å². The highest BCUT2D eigenvalue weighted by atomic mass is 32.2. The van der Waals surface area contributed by atoms with Gasteiger partial charge in [0.2, 0.25) is 0 Å². The molecule has 0 spiro atoms. The Bertz CT molecular complexity index is 502. The third-order valence-electron chi connectivity index (χ3n) is 3.79. The molecule has 0 aliphatic carbocycles. The van der Waals surface area contributed by atoms with Gasteiger partial charge < -0.3 is 15.1 Å². The molecular weight excluding hydrogens is 328 g/mol. The lowest BCUT2D eigenvalue weighted by Crippen LogP contribution is -2.46. The molecule has 1 aromatic rings. The van der Waals surface area contributed by atoms with Crippen LogP contribution in [0.3, 0.4) is 0 Å². The zero-order valence-corrected chi connectivity index (χ0v) is 15.1. The number of carboxylic acid groups (broad SMARTS) is 2. The third kappa shape index (κ3) is 8.33. The van der Waals surface area contributed by atoms with Crippen LogP contribution >= 0.6 is 11.8 Å². The fraction of sp³-hybridized carbons (Fsp3) is 0.529. The van der Waals surface area contributed by atoms with Crippen molar-refractivity contribution in [2.45, 2.75) is 18.7 Å². The molecule has 1 saturated heterocycles. The first kappa shape index (κ1) is 20.5. The van der Waals surface area contributed by atoms with E-state index in [2.05, 4.69) is 47.9 Å². The summed E-state index contributed by atoms with van der Waals surface area (Å²) in [5, 5.41) is 14.8. The summed E-state index contributed by atoms with van der Waals surface area (Å²) in [4.78, 5) is 24.7. The van der Waals surface area contributed by atoms with E-state index in [1.165, 1.54) is 55.5 Å². The Kier molecular flexibility index (Phi) is 9.44. The number of likely N-dealkylation sites (N-methyl/N-ethyl adjacent to an activating group) is 1. The van der Waals surface area contributed by atoms with E-state index in [0.717, 1.165) is 0 Å². The molecule has 2 rings (SSSR count). The van der Waals surface area contributed by atoms with Gasteiger partial charge in [-0.15, -0.1) is 11.8 Å². The molecule has 0 saturated carbocycles. The second kappa shape index (κ2) is 11.1. The summed E-state index contributed by atoms with van der Waals surface area (Å²) in [5.74, 6) is -2.44. The molecule has 2 N–H and O–H groups in total. The smallest absolute Gasteiger partial charge is 0.414 e. The molecule has 0 aromatic heterocycles. The molecule has 0 bridgehead atoms. The molecular formula is C17H26N2O4S. The minimum Gasteiger partial charge on any atom is -0.473 e. The van der Waals surface area contributed by atoms with Gasteiger partial charge in [0, 0.05) is 43.4 Å². The number of aryl methyl sites for hydroxylation is 1. The zero-order chi connectivity index (χ0) is 17.9. The van der Waals surface area contributed by atoms with Crippen molar-refractivity contribution >= 4 is 23.7 Å². The number of benzene rings is 1. The van der Waals surface area contributed by atoms with Crippen LogP contribution in [-0.2, 0) is 9.59 Å². The summed E-state index contributed by atoms with van der Waals surface area (Å²) in [6.07, 6.45) is 0. The highest BCUT2D eigenvalue weighted by molar-refractivity contribution is 7.99. The van der Waals surface area contributed by atoms with Crippen molar-refractivity contribution in [2.24, 2.45) is 0 Å². The fourth-order valence-corrected chi connectivity index (χ4v) is 3.17. The lowest BCUT2D eigenvalue weighted by atomic mass is 10.2. The normalized spacial score (nSPS) is 15.4. The van der Waals surface area contributed by atoms with Gasteiger partial charge in [0.05, 0.1) is 0 Å². The number of nitrogens with zero attached hydrogens (tertiary/aromatic N) is 2. The molecule has 1 aliphatic heterocycles. The quantitative estimate of drug-likeness (QED) is 0.617. The van der Waals surface area contributed by atoms with E-state index in [1.54, 1.807) is 0 Å². The number of hydrogen-bond acceptors (Lipinski definition) is 5. The number of hydrogen-bond donors (Lipinski definition) is 2. The molecule has 1 aliphatic rings. The van der Waals surface area contributed by atoms with Gasteiger partial charge in [0.25, 0.3) is 0 Å². The molecule has 1 aromatic carbocycles. The molecule has 6 nitrogen and oxygen atoms in total. The Balaban J connectivity index is 0.000000413. The van der Waals surface area contributed by atoms with Gasteiger partial charge in [-0.05, 0) is 25.6 Å². The van der Waals surface area contributed by atoms with Crippen LogP contribution < -0.4 is 0 Å². The summed E-state index contributed by atoms with van der Waals surface area (Å²) in [7, 11) is 0. The second-order valence-electron chi connectivity index (χ2n) is 5.55. The van der Waals surface area contributed by atoms with Gasteiger partial charge in [-0.25, -0.2) is 9.59 Å². The number of carbonyl (C=O) groups is 2. The first-order valence-corrected chi connectivity index (χ1v) is 9.01. The molecule has 0 unspecified atom stereocenters. The standard InChI is InChI=1S/C15H24N2S.C2H2O4/c1-3-16-8-10-17(11-9-16)12-13-18-15-6-4-14(2)5-7-15;3-1(4)2(5)6/h4-7H,3,8-13H2,1-2H3;(H,3,4)(H,5,6). The largest absolute Gasteiger partial charge is 0.473 e. The van der Waals surface area contributed by atoms with Crippen molar-refractivity contribution in [3.8, 4) is 0 Å². The Morgan fingerprint density at radius 3 is 1.96 bits per heavy atom. The molecule has 24 heavy (non-hydrogen) atoms. The monoisotopic (exact) mass is 354 g/mol. The van der Waals surface area contributed by atoms with Crippen LogP contribution in [0.2, 0.25) is 0 Å². The average Bonchev–Trinajstić information content (AvgIpc) is 2.58. The van der Waals surface area contributed by atoms with E-state index < -0.39 is 11.9 Å². The SMILES string of the molecule is CCN1CCN(CCSc2ccc(C)cc2)CC1.O=C(O)C(=O)O. The van der Waals surface area contributed by atoms with Crippen molar-refractivity contribution in [1.29, 1.82) is 0 Å². The van der Waals surface area contributed by atoms with E-state index in [-0.39, 0.29) is 0 Å². The van der Waals surface area contributed by atoms with Gasteiger partial charge >= 0.3 is 11.9 Å². The number of rotatable bonds is 5. The first-order chi connectivity index (χ1) is 11.4. The summed E-state index contributed by atoms with van der Waals surface area (Å²) in [5.41, 5.74) is 1.34. The Labute approximate surface area is 147 Å². The zero-order valence-electron chi connectivity index (χ0n) is 14.3. The van der Waals surface area contributed by atoms with Crippen LogP contribution in [-0.4, -0.2) is 77.0 Å². The summed E-state index contributed by atoms with van der Waals surface area (Å²) < 4.78 is 0. The van der Waals surface area contributed by atoms with Gasteiger partial charge in [-0.2, -0.15) is 0 Å². The third-order valence-corrected chi connectivity index (χ3v) is 4.78. The second-order valence-corrected chi connectivity index (χ2v) is 6.72. The average molecular weight is 354 g/mol. The highest BCUT2D eigenvalue weighted by Gasteiger charge is 2.14. The minimum atomic E-state index is -1.82. The van der Waals surface area contributed by atoms with Crippen molar-refractivity contribution in [3.63, 3.8) is 0 Å². The number of piperazine rings is 1. The number of aliphatic carboxylic acids is 2. The highest BCUT2D eigenvalue weighted by Crippen LogP contribution is 2.18. The molecule has 1 fully saturated rings. The molecule has 0 radical (unpaired) electrons. The van der Waals surface area contributed by atoms with E-state index in [4.69, 9.17) is 19.8 Å². The van der Waals surface area contributed by atoms with E-state index >= 15 is 0 Å². The number of thioether (sulfide) groups is 1. The van der Waals surface area contributed by atoms with Gasteiger partial charge in [0.15, 0.2) is 0 Å². The van der Waals surface area contributed by atoms with Crippen LogP contribution in [0, 0.1) is 6.92 Å². The summed E-state index contributed by atoms with van der Waals surface area (Å²) >= 11 is 1.97. The van der Waals surface area contributed by atoms with Crippen LogP contribution in [0.1, 0.15) is 12.5 Å². The molecule has 0 amide bonds. The van der Waals surface area contributed by atoms with E-state index in [0.29, 0.717) is 0 Å². The Morgan fingerprint density at radius 2 is 1.50 bits per heavy atom. The molecule has 1 heterocycles. The molecule has 7 heteroatoms. The van der Waals surface area contributed by atoms with Crippen molar-refractivity contribution in [1.82, 2.24) is 9.80 Å². The predicted molar refractivity (Wildman–Crippen MR) is 95.7 cm³/mol. The minimum absolute atomic E-state index is 1.20. The van der Waals surface area contributed by atoms with Crippen LogP contribution in [0.15, 0.2) is 29.2 Å². The summed E-state index contributed by atoms with van der Waals surface area (Å²) in [6, 6.07) is 8.86. The van der Waals surface area contributed by atoms with Gasteiger partial charge in [0.1, 0.15) is 0 Å². The molecule has 0 atom stereocenters. The maximum atomic E-state index is 9.10. The van der Waals surface area contributed by atoms with Crippen LogP contribution in [0.25, 0.3) is 0 Å². The Morgan fingerprint density at radius 1 is 1.00 bits per heavy atom. The van der Waals surface area contributed by atoms with Crippen LogP contribution in [0.4, 0.5) is 0 Å². The van der Waals surface area contributed by atoms with Crippen molar-refractivity contribution in [3.05, 3.63) is 29.8 Å². The number of carboxylic acids is 2. The van der Waals surface area contributed by atoms with Crippen molar-refractivity contribution < 1.29 is 19.8 Å². The lowest BCUT2D eigenvalue weighted by Gasteiger charge is -2.33.